The smallest absolute Gasteiger partial charge is 0.302 e. The molecule has 3 atom stereocenters. The Morgan fingerprint density at radius 2 is 1.40 bits per heavy atom. The quantitative estimate of drug-likeness (QED) is 0.572. The van der Waals surface area contributed by atoms with Crippen LogP contribution in [0, 0.1) is 11.8 Å². The van der Waals surface area contributed by atoms with E-state index in [1.807, 2.05) is 27.7 Å². The van der Waals surface area contributed by atoms with Gasteiger partial charge in [-0.25, -0.2) is 9.13 Å². The molecule has 1 N–H and O–H groups in total. The molecule has 0 aliphatic heterocycles. The first-order valence-corrected chi connectivity index (χ1v) is 9.62. The lowest BCUT2D eigenvalue weighted by atomic mass is 10.1. The summed E-state index contributed by atoms with van der Waals surface area (Å²) in [6, 6.07) is 0. The molecule has 0 aliphatic rings. The van der Waals surface area contributed by atoms with Gasteiger partial charge in [-0.3, -0.25) is 13.6 Å². The van der Waals surface area contributed by atoms with Crippen LogP contribution in [0.2, 0.25) is 0 Å². The van der Waals surface area contributed by atoms with E-state index in [0.717, 1.165) is 20.0 Å². The van der Waals surface area contributed by atoms with Gasteiger partial charge in [0.2, 0.25) is 0 Å². The third kappa shape index (κ3) is 8.53. The first-order chi connectivity index (χ1) is 9.18. The van der Waals surface area contributed by atoms with Crippen molar-refractivity contribution in [3.8, 4) is 0 Å². The monoisotopic (exact) mass is 332 g/mol. The van der Waals surface area contributed by atoms with Gasteiger partial charge in [-0.2, -0.15) is 4.31 Å². The van der Waals surface area contributed by atoms with Gasteiger partial charge in [0.05, 0.1) is 13.2 Å². The molecule has 0 saturated heterocycles. The Hall–Kier alpha value is 0.260. The van der Waals surface area contributed by atoms with Crippen LogP contribution in [0.15, 0.2) is 0 Å². The highest BCUT2D eigenvalue weighted by Crippen LogP contribution is 2.63. The molecule has 3 unspecified atom stereocenters. The van der Waals surface area contributed by atoms with Gasteiger partial charge < -0.3 is 4.89 Å². The number of phosphoric ester groups is 2. The van der Waals surface area contributed by atoms with Crippen LogP contribution in [0.25, 0.3) is 0 Å². The van der Waals surface area contributed by atoms with Gasteiger partial charge in [0.25, 0.3) is 0 Å². The third-order valence-corrected chi connectivity index (χ3v) is 5.88. The van der Waals surface area contributed by atoms with Crippen LogP contribution in [0.4, 0.5) is 0 Å². The van der Waals surface area contributed by atoms with E-state index in [1.54, 1.807) is 0 Å². The molecule has 0 aromatic carbocycles. The number of hydrogen-bond acceptors (Lipinski definition) is 6. The van der Waals surface area contributed by atoms with Gasteiger partial charge in [0.15, 0.2) is 0 Å². The third-order valence-electron chi connectivity index (χ3n) is 2.86. The summed E-state index contributed by atoms with van der Waals surface area (Å²) < 4.78 is 42.8. The minimum absolute atomic E-state index is 0.109. The molecule has 0 aliphatic carbocycles. The molecule has 20 heavy (non-hydrogen) atoms. The van der Waals surface area contributed by atoms with Crippen molar-refractivity contribution in [2.75, 3.05) is 20.3 Å². The Labute approximate surface area is 121 Å². The molecule has 0 rings (SSSR count). The number of rotatable bonds is 11. The second-order valence-corrected chi connectivity index (χ2v) is 8.16. The standard InChI is InChI=1S/C11H26O7P2/c1-6-10(3)8-16-20(14,17-9-11(4)7-2)18-19(12,13)15-5/h10-11H,6-9H2,1-5H3,(H,12,13). The molecule has 0 aromatic rings. The molecule has 0 spiro atoms. The van der Waals surface area contributed by atoms with E-state index >= 15 is 0 Å². The summed E-state index contributed by atoms with van der Waals surface area (Å²) >= 11 is 0. The summed E-state index contributed by atoms with van der Waals surface area (Å²) in [5.41, 5.74) is 0. The molecule has 7 nitrogen and oxygen atoms in total. The Bertz CT molecular complexity index is 343. The topological polar surface area (TPSA) is 91.3 Å². The van der Waals surface area contributed by atoms with Gasteiger partial charge >= 0.3 is 15.6 Å². The molecule has 0 aromatic heterocycles. The average molecular weight is 332 g/mol. The second kappa shape index (κ2) is 9.31. The zero-order chi connectivity index (χ0) is 15.8. The van der Waals surface area contributed by atoms with Crippen molar-refractivity contribution in [2.45, 2.75) is 40.5 Å². The van der Waals surface area contributed by atoms with Crippen LogP contribution in [0.1, 0.15) is 40.5 Å². The molecular weight excluding hydrogens is 306 g/mol. The Balaban J connectivity index is 4.75. The van der Waals surface area contributed by atoms with E-state index < -0.39 is 15.6 Å². The lowest BCUT2D eigenvalue weighted by Crippen LogP contribution is -2.10. The predicted octanol–water partition coefficient (Wildman–Crippen LogP) is 3.98. The van der Waals surface area contributed by atoms with Crippen molar-refractivity contribution in [3.63, 3.8) is 0 Å². The Kier molecular flexibility index (Phi) is 9.43. The lowest BCUT2D eigenvalue weighted by molar-refractivity contribution is 0.111. The van der Waals surface area contributed by atoms with E-state index in [-0.39, 0.29) is 25.0 Å². The fraction of sp³-hybridized carbons (Fsp3) is 1.00. The van der Waals surface area contributed by atoms with Crippen molar-refractivity contribution >= 4 is 15.6 Å². The van der Waals surface area contributed by atoms with Crippen molar-refractivity contribution in [1.82, 2.24) is 0 Å². The molecule has 0 fully saturated rings. The Morgan fingerprint density at radius 1 is 1.00 bits per heavy atom. The summed E-state index contributed by atoms with van der Waals surface area (Å²) in [7, 11) is -7.59. The van der Waals surface area contributed by atoms with Crippen molar-refractivity contribution in [3.05, 3.63) is 0 Å². The summed E-state index contributed by atoms with van der Waals surface area (Å²) in [6.45, 7) is 7.91. The number of hydrogen-bond donors (Lipinski definition) is 1. The largest absolute Gasteiger partial charge is 0.483 e. The highest BCUT2D eigenvalue weighted by atomic mass is 31.3. The lowest BCUT2D eigenvalue weighted by Gasteiger charge is -2.22. The average Bonchev–Trinajstić information content (AvgIpc) is 2.41. The van der Waals surface area contributed by atoms with Gasteiger partial charge in [-0.15, -0.1) is 0 Å². The summed E-state index contributed by atoms with van der Waals surface area (Å²) in [5.74, 6) is 0.250. The normalized spacial score (nSPS) is 20.9. The molecule has 0 saturated carbocycles. The maximum Gasteiger partial charge on any atom is 0.483 e. The van der Waals surface area contributed by atoms with Crippen LogP contribution in [0.5, 0.6) is 0 Å². The predicted molar refractivity (Wildman–Crippen MR) is 76.3 cm³/mol. The van der Waals surface area contributed by atoms with Crippen LogP contribution >= 0.6 is 15.6 Å². The fourth-order valence-electron chi connectivity index (χ4n) is 0.917. The minimum atomic E-state index is -4.44. The summed E-state index contributed by atoms with van der Waals surface area (Å²) in [5, 5.41) is 0. The second-order valence-electron chi connectivity index (χ2n) is 4.80. The van der Waals surface area contributed by atoms with E-state index in [4.69, 9.17) is 9.05 Å². The van der Waals surface area contributed by atoms with E-state index in [1.165, 1.54) is 0 Å². The first-order valence-electron chi connectivity index (χ1n) is 6.67. The van der Waals surface area contributed by atoms with Crippen molar-refractivity contribution in [1.29, 1.82) is 0 Å². The maximum atomic E-state index is 12.3. The van der Waals surface area contributed by atoms with Gasteiger partial charge in [-0.1, -0.05) is 40.5 Å². The fourth-order valence-corrected chi connectivity index (χ4v) is 3.52. The van der Waals surface area contributed by atoms with Gasteiger partial charge in [-0.05, 0) is 11.8 Å². The number of phosphoric acid groups is 2. The van der Waals surface area contributed by atoms with E-state index in [9.17, 15) is 14.0 Å². The summed E-state index contributed by atoms with van der Waals surface area (Å²) in [6.07, 6.45) is 1.62. The molecule has 122 valence electrons. The summed E-state index contributed by atoms with van der Waals surface area (Å²) in [4.78, 5) is 9.28. The highest BCUT2D eigenvalue weighted by molar-refractivity contribution is 7.61. The molecule has 0 radical (unpaired) electrons. The van der Waals surface area contributed by atoms with Crippen LogP contribution in [-0.4, -0.2) is 25.2 Å². The molecule has 0 amide bonds. The van der Waals surface area contributed by atoms with Crippen molar-refractivity contribution < 1.29 is 31.9 Å². The van der Waals surface area contributed by atoms with E-state index in [2.05, 4.69) is 8.83 Å². The molecule has 9 heteroatoms. The zero-order valence-corrected chi connectivity index (χ0v) is 14.6. The van der Waals surface area contributed by atoms with E-state index in [0.29, 0.717) is 0 Å². The minimum Gasteiger partial charge on any atom is -0.302 e. The van der Waals surface area contributed by atoms with Crippen LogP contribution in [-0.2, 0) is 27.0 Å². The Morgan fingerprint density at radius 3 is 1.70 bits per heavy atom. The van der Waals surface area contributed by atoms with Crippen molar-refractivity contribution in [2.24, 2.45) is 11.8 Å². The molecule has 0 bridgehead atoms. The van der Waals surface area contributed by atoms with Gasteiger partial charge in [0.1, 0.15) is 0 Å². The molecule has 0 heterocycles. The SMILES string of the molecule is CCC(C)COP(=O)(OCC(C)CC)OP(=O)(O)OC. The van der Waals surface area contributed by atoms with Crippen LogP contribution in [0.3, 0.4) is 0 Å². The van der Waals surface area contributed by atoms with Gasteiger partial charge in [0, 0.05) is 7.11 Å². The first kappa shape index (κ1) is 20.3. The maximum absolute atomic E-state index is 12.3. The highest BCUT2D eigenvalue weighted by Gasteiger charge is 2.38. The van der Waals surface area contributed by atoms with Crippen LogP contribution < -0.4 is 0 Å². The zero-order valence-electron chi connectivity index (χ0n) is 12.8. The molecular formula is C11H26O7P2.